The van der Waals surface area contributed by atoms with Crippen LogP contribution in [0.2, 0.25) is 0 Å². The molecule has 0 aliphatic heterocycles. The second-order valence-corrected chi connectivity index (χ2v) is 0.524. The minimum absolute atomic E-state index is 0.722. The van der Waals surface area contributed by atoms with Crippen LogP contribution in [0.15, 0.2) is 0 Å². The minimum Gasteiger partial charge on any atom is -0.334 e. The first-order valence-corrected chi connectivity index (χ1v) is 1.24. The van der Waals surface area contributed by atoms with Crippen molar-refractivity contribution in [3.8, 4) is 0 Å². The molecule has 0 amide bonds. The molecule has 0 aromatic heterocycles. The van der Waals surface area contributed by atoms with E-state index in [1.54, 1.807) is 0 Å². The van der Waals surface area contributed by atoms with E-state index in [9.17, 15) is 0 Å². The van der Waals surface area contributed by atoms with Gasteiger partial charge in [0.25, 0.3) is 0 Å². The Bertz CT molecular complexity index is 17.2. The summed E-state index contributed by atoms with van der Waals surface area (Å²) < 4.78 is 0. The Morgan fingerprint density at radius 2 is 2.25 bits per heavy atom. The largest absolute Gasteiger partial charge is 0.334 e. The molecule has 1 heteroatoms. The van der Waals surface area contributed by atoms with E-state index in [1.807, 2.05) is 0 Å². The summed E-state index contributed by atoms with van der Waals surface area (Å²) in [5, 5.41) is 4.84. The molecule has 0 spiro atoms. The Labute approximate surface area is 26.2 Å². The molecule has 24 valence electrons. The van der Waals surface area contributed by atoms with Gasteiger partial charge in [-0.15, -0.1) is 6.42 Å². The van der Waals surface area contributed by atoms with Crippen molar-refractivity contribution < 1.29 is 5.41 Å². The third-order valence-electron chi connectivity index (χ3n) is 0.167. The molecular weight excluding hydrogens is 50.0 g/mol. The van der Waals surface area contributed by atoms with Gasteiger partial charge < -0.3 is 6.92 Å². The van der Waals surface area contributed by atoms with Gasteiger partial charge in [-0.2, -0.15) is 0 Å². The van der Waals surface area contributed by atoms with Gasteiger partial charge in [-0.05, 0) is 0 Å². The lowest BCUT2D eigenvalue weighted by Gasteiger charge is -1.62. The molecule has 0 saturated heterocycles. The molecule has 0 aliphatic rings. The SMILES string of the molecule is [CH2-]CC=[NH2+]. The molecule has 0 radical (unpaired) electrons. The van der Waals surface area contributed by atoms with Crippen molar-refractivity contribution in [1.29, 1.82) is 0 Å². The van der Waals surface area contributed by atoms with Gasteiger partial charge >= 0.3 is 0 Å². The van der Waals surface area contributed by atoms with Gasteiger partial charge in [-0.3, -0.25) is 5.41 Å². The van der Waals surface area contributed by atoms with E-state index in [2.05, 4.69) is 6.92 Å². The summed E-state index contributed by atoms with van der Waals surface area (Å²) in [5.74, 6) is 0. The molecule has 0 atom stereocenters. The first-order chi connectivity index (χ1) is 1.91. The molecule has 1 nitrogen and oxygen atoms in total. The van der Waals surface area contributed by atoms with Crippen molar-refractivity contribution in [2.45, 2.75) is 6.42 Å². The molecule has 0 rings (SSSR count). The predicted molar refractivity (Wildman–Crippen MR) is 18.0 cm³/mol. The number of rotatable bonds is 1. The van der Waals surface area contributed by atoms with Crippen LogP contribution in [-0.4, -0.2) is 6.21 Å². The van der Waals surface area contributed by atoms with Gasteiger partial charge in [-0.25, -0.2) is 0 Å². The van der Waals surface area contributed by atoms with Crippen molar-refractivity contribution in [3.63, 3.8) is 0 Å². The zero-order valence-corrected chi connectivity index (χ0v) is 2.57. The zero-order chi connectivity index (χ0) is 3.41. The fraction of sp³-hybridized carbons (Fsp3) is 0.333. The van der Waals surface area contributed by atoms with Crippen LogP contribution in [0.4, 0.5) is 0 Å². The smallest absolute Gasteiger partial charge is 0.106 e. The summed E-state index contributed by atoms with van der Waals surface area (Å²) in [4.78, 5) is 0. The first-order valence-electron chi connectivity index (χ1n) is 1.24. The summed E-state index contributed by atoms with van der Waals surface area (Å²) in [6.07, 6.45) is 2.24. The average molecular weight is 57.1 g/mol. The first kappa shape index (κ1) is 3.67. The molecule has 0 aromatic carbocycles. The summed E-state index contributed by atoms with van der Waals surface area (Å²) in [5.41, 5.74) is 0. The van der Waals surface area contributed by atoms with Gasteiger partial charge in [0, 0.05) is 0 Å². The van der Waals surface area contributed by atoms with Crippen LogP contribution < -0.4 is 5.41 Å². The topological polar surface area (TPSA) is 25.6 Å². The minimum atomic E-state index is 0.722. The Morgan fingerprint density at radius 1 is 2.00 bits per heavy atom. The number of hydrogen-bond donors (Lipinski definition) is 1. The maximum atomic E-state index is 4.84. The zero-order valence-electron chi connectivity index (χ0n) is 2.57. The summed E-state index contributed by atoms with van der Waals surface area (Å²) in [6, 6.07) is 0. The molecule has 0 aromatic rings. The lowest BCUT2D eigenvalue weighted by Crippen LogP contribution is -2.28. The van der Waals surface area contributed by atoms with Crippen LogP contribution >= 0.6 is 0 Å². The van der Waals surface area contributed by atoms with E-state index in [-0.39, 0.29) is 0 Å². The van der Waals surface area contributed by atoms with Crippen molar-refractivity contribution in [2.24, 2.45) is 0 Å². The van der Waals surface area contributed by atoms with E-state index in [1.165, 1.54) is 6.21 Å². The Morgan fingerprint density at radius 3 is 2.25 bits per heavy atom. The lowest BCUT2D eigenvalue weighted by molar-refractivity contribution is -0.107. The second-order valence-electron chi connectivity index (χ2n) is 0.524. The summed E-state index contributed by atoms with van der Waals surface area (Å²) >= 11 is 0. The van der Waals surface area contributed by atoms with Gasteiger partial charge in [0.05, 0.1) is 0 Å². The Balaban J connectivity index is 2.30. The standard InChI is InChI=1S/C3H6N/c1-2-3-4/h3-4H,1-2H2/q-1/p+1. The van der Waals surface area contributed by atoms with E-state index < -0.39 is 0 Å². The molecule has 0 unspecified atom stereocenters. The average Bonchev–Trinajstić information content (AvgIpc) is 1.37. The van der Waals surface area contributed by atoms with E-state index in [4.69, 9.17) is 5.41 Å². The third-order valence-corrected chi connectivity index (χ3v) is 0.167. The fourth-order valence-corrected chi connectivity index (χ4v) is 0. The van der Waals surface area contributed by atoms with Gasteiger partial charge in [0.2, 0.25) is 0 Å². The Kier molecular flexibility index (Phi) is 2.45. The highest BCUT2D eigenvalue weighted by atomic mass is 14.3. The van der Waals surface area contributed by atoms with Crippen LogP contribution in [0.3, 0.4) is 0 Å². The molecule has 2 N–H and O–H groups in total. The molecule has 0 saturated carbocycles. The quantitative estimate of drug-likeness (QED) is 0.296. The normalized spacial score (nSPS) is 6.25. The molecular formula is C3H7N. The fourth-order valence-electron chi connectivity index (χ4n) is 0. The van der Waals surface area contributed by atoms with E-state index in [0.717, 1.165) is 6.42 Å². The lowest BCUT2D eigenvalue weighted by atomic mass is 10.6. The van der Waals surface area contributed by atoms with Crippen LogP contribution in [0, 0.1) is 6.92 Å². The van der Waals surface area contributed by atoms with Crippen molar-refractivity contribution in [1.82, 2.24) is 0 Å². The van der Waals surface area contributed by atoms with Crippen LogP contribution in [0.1, 0.15) is 6.42 Å². The molecule has 0 aliphatic carbocycles. The molecule has 0 bridgehead atoms. The maximum Gasteiger partial charge on any atom is 0.106 e. The van der Waals surface area contributed by atoms with Crippen LogP contribution in [0.25, 0.3) is 0 Å². The van der Waals surface area contributed by atoms with Gasteiger partial charge in [0.15, 0.2) is 0 Å². The highest BCUT2D eigenvalue weighted by Gasteiger charge is 1.43. The molecule has 0 heterocycles. The number of hydrogen-bond acceptors (Lipinski definition) is 0. The molecule has 4 heavy (non-hydrogen) atoms. The summed E-state index contributed by atoms with van der Waals surface area (Å²) in [7, 11) is 0. The highest BCUT2D eigenvalue weighted by molar-refractivity contribution is 5.49. The number of nitrogens with two attached hydrogens (primary N) is 1. The Hall–Kier alpha value is -0.330. The summed E-state index contributed by atoms with van der Waals surface area (Å²) in [6.45, 7) is 3.42. The van der Waals surface area contributed by atoms with Crippen molar-refractivity contribution >= 4 is 6.21 Å². The van der Waals surface area contributed by atoms with Gasteiger partial charge in [-0.1, -0.05) is 0 Å². The maximum absolute atomic E-state index is 4.84. The van der Waals surface area contributed by atoms with E-state index >= 15 is 0 Å². The van der Waals surface area contributed by atoms with Crippen LogP contribution in [-0.2, 0) is 0 Å². The monoisotopic (exact) mass is 57.1 g/mol. The molecule has 0 fully saturated rings. The van der Waals surface area contributed by atoms with E-state index in [0.29, 0.717) is 0 Å². The van der Waals surface area contributed by atoms with Crippen molar-refractivity contribution in [2.75, 3.05) is 0 Å². The van der Waals surface area contributed by atoms with Crippen molar-refractivity contribution in [3.05, 3.63) is 6.92 Å². The van der Waals surface area contributed by atoms with Crippen LogP contribution in [0.5, 0.6) is 0 Å². The highest BCUT2D eigenvalue weighted by Crippen LogP contribution is 1.48. The van der Waals surface area contributed by atoms with Gasteiger partial charge in [0.1, 0.15) is 6.21 Å². The third kappa shape index (κ3) is 1.67. The predicted octanol–water partition coefficient (Wildman–Crippen LogP) is -0.960. The second kappa shape index (κ2) is 2.67.